The van der Waals surface area contributed by atoms with E-state index in [2.05, 4.69) is 11.2 Å². The number of hydrogen-bond acceptors (Lipinski definition) is 4. The van der Waals surface area contributed by atoms with Gasteiger partial charge in [0, 0.05) is 34.5 Å². The third-order valence-electron chi connectivity index (χ3n) is 5.73. The van der Waals surface area contributed by atoms with E-state index in [1.165, 1.54) is 0 Å². The van der Waals surface area contributed by atoms with E-state index in [9.17, 15) is 9.00 Å². The Labute approximate surface area is 161 Å². The lowest BCUT2D eigenvalue weighted by Gasteiger charge is -2.33. The predicted octanol–water partition coefficient (Wildman–Crippen LogP) is 4.20. The first kappa shape index (κ1) is 18.1. The third-order valence-corrected chi connectivity index (χ3v) is 7.41. The summed E-state index contributed by atoms with van der Waals surface area (Å²) in [4.78, 5) is 13.2. The number of ketones is 1. The topological polar surface area (TPSA) is 60.2 Å². The molecule has 2 aromatic rings. The Hall–Kier alpha value is -2.27. The van der Waals surface area contributed by atoms with Gasteiger partial charge in [-0.25, -0.2) is 0 Å². The highest BCUT2D eigenvalue weighted by molar-refractivity contribution is 7.85. The summed E-state index contributed by atoms with van der Waals surface area (Å²) in [5.41, 5.74) is 2.22. The van der Waals surface area contributed by atoms with Gasteiger partial charge in [0.15, 0.2) is 11.5 Å². The van der Waals surface area contributed by atoms with Crippen LogP contribution >= 0.6 is 0 Å². The molecule has 0 amide bonds. The summed E-state index contributed by atoms with van der Waals surface area (Å²) in [6, 6.07) is 7.69. The van der Waals surface area contributed by atoms with Crippen LogP contribution in [-0.2, 0) is 17.2 Å². The summed E-state index contributed by atoms with van der Waals surface area (Å²) in [5, 5.41) is 3.87. The monoisotopic (exact) mass is 381 g/mol. The van der Waals surface area contributed by atoms with Crippen molar-refractivity contribution in [2.45, 2.75) is 36.9 Å². The molecule has 140 valence electrons. The van der Waals surface area contributed by atoms with E-state index >= 15 is 0 Å². The second-order valence-corrected chi connectivity index (χ2v) is 9.34. The molecule has 3 unspecified atom stereocenters. The van der Waals surface area contributed by atoms with Gasteiger partial charge in [0.2, 0.25) is 0 Å². The van der Waals surface area contributed by atoms with Crippen LogP contribution in [0.3, 0.4) is 0 Å². The van der Waals surface area contributed by atoms with Gasteiger partial charge in [0.25, 0.3) is 0 Å². The fraction of sp³-hybridized carbons (Fsp3) is 0.364. The highest BCUT2D eigenvalue weighted by Gasteiger charge is 2.37. The molecule has 0 bridgehead atoms. The van der Waals surface area contributed by atoms with E-state index in [0.29, 0.717) is 23.5 Å². The van der Waals surface area contributed by atoms with Crippen LogP contribution in [0.2, 0.25) is 0 Å². The first-order chi connectivity index (χ1) is 13.0. The summed E-state index contributed by atoms with van der Waals surface area (Å²) in [6.45, 7) is 2.02. The average Bonchev–Trinajstić information content (AvgIpc) is 3.40. The SMILES string of the molecule is CS(=O)C1(C)C=CC=CC1Cc1ccccc1C(=O)c1cnoc1C1CC1. The van der Waals surface area contributed by atoms with Crippen molar-refractivity contribution in [1.82, 2.24) is 5.16 Å². The van der Waals surface area contributed by atoms with E-state index in [0.717, 1.165) is 24.2 Å². The highest BCUT2D eigenvalue weighted by Crippen LogP contribution is 2.42. The molecule has 0 saturated heterocycles. The van der Waals surface area contributed by atoms with Gasteiger partial charge in [0.05, 0.1) is 16.5 Å². The molecule has 27 heavy (non-hydrogen) atoms. The van der Waals surface area contributed by atoms with Crippen LogP contribution in [0, 0.1) is 5.92 Å². The summed E-state index contributed by atoms with van der Waals surface area (Å²) in [5.74, 6) is 1.07. The van der Waals surface area contributed by atoms with Crippen molar-refractivity contribution in [2.75, 3.05) is 6.26 Å². The Balaban J connectivity index is 1.66. The Morgan fingerprint density at radius 3 is 2.78 bits per heavy atom. The fourth-order valence-electron chi connectivity index (χ4n) is 3.70. The second-order valence-electron chi connectivity index (χ2n) is 7.56. The lowest BCUT2D eigenvalue weighted by molar-refractivity contribution is 0.103. The van der Waals surface area contributed by atoms with Gasteiger partial charge < -0.3 is 4.52 Å². The van der Waals surface area contributed by atoms with Gasteiger partial charge in [-0.1, -0.05) is 53.7 Å². The Bertz CT molecular complexity index is 954. The molecule has 3 atom stereocenters. The summed E-state index contributed by atoms with van der Waals surface area (Å²) >= 11 is 0. The Kier molecular flexibility index (Phi) is 4.72. The maximum atomic E-state index is 13.2. The fourth-order valence-corrected chi connectivity index (χ4v) is 4.56. The molecule has 4 nitrogen and oxygen atoms in total. The van der Waals surface area contributed by atoms with Gasteiger partial charge in [-0.2, -0.15) is 0 Å². The smallest absolute Gasteiger partial charge is 0.198 e. The van der Waals surface area contributed by atoms with Crippen molar-refractivity contribution in [3.63, 3.8) is 0 Å². The molecule has 2 aliphatic rings. The molecular weight excluding hydrogens is 358 g/mol. The summed E-state index contributed by atoms with van der Waals surface area (Å²) < 4.78 is 17.3. The lowest BCUT2D eigenvalue weighted by Crippen LogP contribution is -2.38. The van der Waals surface area contributed by atoms with E-state index in [4.69, 9.17) is 4.52 Å². The van der Waals surface area contributed by atoms with Crippen LogP contribution in [0.5, 0.6) is 0 Å². The van der Waals surface area contributed by atoms with Crippen LogP contribution < -0.4 is 0 Å². The van der Waals surface area contributed by atoms with Crippen molar-refractivity contribution in [2.24, 2.45) is 5.92 Å². The number of aromatic nitrogens is 1. The second kappa shape index (κ2) is 7.04. The third kappa shape index (κ3) is 3.36. The number of hydrogen-bond donors (Lipinski definition) is 0. The molecule has 0 spiro atoms. The Morgan fingerprint density at radius 2 is 2.04 bits per heavy atom. The van der Waals surface area contributed by atoms with E-state index < -0.39 is 15.5 Å². The minimum atomic E-state index is -1.02. The average molecular weight is 381 g/mol. The molecule has 5 heteroatoms. The van der Waals surface area contributed by atoms with Gasteiger partial charge in [-0.05, 0) is 31.7 Å². The van der Waals surface area contributed by atoms with E-state index in [1.54, 1.807) is 12.5 Å². The molecule has 1 aromatic heterocycles. The number of carbonyl (C=O) groups excluding carboxylic acids is 1. The van der Waals surface area contributed by atoms with Crippen molar-refractivity contribution in [3.8, 4) is 0 Å². The van der Waals surface area contributed by atoms with Gasteiger partial charge in [0.1, 0.15) is 0 Å². The van der Waals surface area contributed by atoms with Gasteiger partial charge in [-0.15, -0.1) is 0 Å². The molecule has 0 N–H and O–H groups in total. The molecule has 1 fully saturated rings. The van der Waals surface area contributed by atoms with Crippen LogP contribution in [0.15, 0.2) is 59.3 Å². The van der Waals surface area contributed by atoms with Crippen LogP contribution in [0.1, 0.15) is 52.9 Å². The van der Waals surface area contributed by atoms with Crippen LogP contribution in [-0.4, -0.2) is 26.2 Å². The quantitative estimate of drug-likeness (QED) is 0.704. The van der Waals surface area contributed by atoms with Crippen LogP contribution in [0.4, 0.5) is 0 Å². The summed E-state index contributed by atoms with van der Waals surface area (Å²) in [7, 11) is -1.02. The van der Waals surface area contributed by atoms with Gasteiger partial charge >= 0.3 is 0 Å². The molecule has 0 aliphatic heterocycles. The molecule has 0 radical (unpaired) electrons. The largest absolute Gasteiger partial charge is 0.360 e. The molecule has 1 heterocycles. The summed E-state index contributed by atoms with van der Waals surface area (Å²) in [6.07, 6.45) is 14.1. The number of nitrogens with zero attached hydrogens (tertiary/aromatic N) is 1. The number of benzene rings is 1. The minimum Gasteiger partial charge on any atom is -0.360 e. The Morgan fingerprint density at radius 1 is 1.26 bits per heavy atom. The van der Waals surface area contributed by atoms with Crippen molar-refractivity contribution in [3.05, 3.63) is 77.2 Å². The van der Waals surface area contributed by atoms with E-state index in [-0.39, 0.29) is 11.7 Å². The van der Waals surface area contributed by atoms with Crippen molar-refractivity contribution < 1.29 is 13.5 Å². The van der Waals surface area contributed by atoms with Crippen LogP contribution in [0.25, 0.3) is 0 Å². The number of carbonyl (C=O) groups is 1. The molecule has 2 aliphatic carbocycles. The zero-order chi connectivity index (χ0) is 19.0. The predicted molar refractivity (Wildman–Crippen MR) is 106 cm³/mol. The lowest BCUT2D eigenvalue weighted by atomic mass is 9.82. The van der Waals surface area contributed by atoms with Gasteiger partial charge in [-0.3, -0.25) is 9.00 Å². The zero-order valence-corrected chi connectivity index (χ0v) is 16.4. The first-order valence-electron chi connectivity index (χ1n) is 9.27. The van der Waals surface area contributed by atoms with Crippen molar-refractivity contribution >= 4 is 16.6 Å². The van der Waals surface area contributed by atoms with Crippen molar-refractivity contribution in [1.29, 1.82) is 0 Å². The molecule has 1 saturated carbocycles. The molecular formula is C22H23NO3S. The van der Waals surface area contributed by atoms with E-state index in [1.807, 2.05) is 49.4 Å². The molecule has 4 rings (SSSR count). The number of rotatable bonds is 6. The normalized spacial score (nSPS) is 25.5. The highest BCUT2D eigenvalue weighted by atomic mass is 32.2. The number of allylic oxidation sites excluding steroid dienone is 3. The maximum Gasteiger partial charge on any atom is 0.198 e. The minimum absolute atomic E-state index is 0.0385. The maximum absolute atomic E-state index is 13.2. The zero-order valence-electron chi connectivity index (χ0n) is 15.6. The molecule has 1 aromatic carbocycles. The first-order valence-corrected chi connectivity index (χ1v) is 10.8. The standard InChI is InChI=1S/C22H23NO3S/c1-22(27(2)25)12-6-5-8-17(22)13-16-7-3-4-9-18(16)20(24)19-14-23-26-21(19)15-10-11-15/h3-9,12,14-15,17H,10-11,13H2,1-2H3.